The largest absolute Gasteiger partial charge is 0.444 e. The maximum absolute atomic E-state index is 8.77. The lowest BCUT2D eigenvalue weighted by molar-refractivity contribution is 0.463. The van der Waals surface area contributed by atoms with Gasteiger partial charge in [0.15, 0.2) is 5.96 Å². The van der Waals surface area contributed by atoms with Crippen molar-refractivity contribution in [1.82, 2.24) is 15.6 Å². The van der Waals surface area contributed by atoms with Crippen molar-refractivity contribution in [2.24, 2.45) is 4.99 Å². The van der Waals surface area contributed by atoms with Crippen LogP contribution in [0.2, 0.25) is 0 Å². The van der Waals surface area contributed by atoms with E-state index in [2.05, 4.69) is 26.7 Å². The molecule has 0 spiro atoms. The average molecular weight is 297 g/mol. The van der Waals surface area contributed by atoms with Crippen LogP contribution in [0, 0.1) is 25.2 Å². The van der Waals surface area contributed by atoms with Crippen molar-refractivity contribution in [2.45, 2.75) is 26.9 Å². The fourth-order valence-electron chi connectivity index (χ4n) is 1.88. The van der Waals surface area contributed by atoms with Crippen LogP contribution >= 0.6 is 0 Å². The molecule has 2 rings (SSSR count). The number of hydrogen-bond donors (Lipinski definition) is 2. The molecule has 1 aromatic heterocycles. The van der Waals surface area contributed by atoms with Crippen LogP contribution in [0.1, 0.15) is 28.5 Å². The van der Waals surface area contributed by atoms with E-state index in [1.54, 1.807) is 19.2 Å². The van der Waals surface area contributed by atoms with Gasteiger partial charge in [-0.1, -0.05) is 12.1 Å². The van der Waals surface area contributed by atoms with Crippen LogP contribution in [0.3, 0.4) is 0 Å². The first-order valence-corrected chi connectivity index (χ1v) is 6.99. The molecule has 0 amide bonds. The Hall–Kier alpha value is -2.81. The number of hydrogen-bond acceptors (Lipinski definition) is 4. The van der Waals surface area contributed by atoms with Crippen LogP contribution in [0.25, 0.3) is 0 Å². The van der Waals surface area contributed by atoms with Gasteiger partial charge in [0.25, 0.3) is 0 Å². The van der Waals surface area contributed by atoms with Crippen LogP contribution in [-0.4, -0.2) is 18.0 Å². The second-order valence-corrected chi connectivity index (χ2v) is 4.84. The summed E-state index contributed by atoms with van der Waals surface area (Å²) in [7, 11) is 1.71. The molecule has 1 heterocycles. The average Bonchev–Trinajstić information content (AvgIpc) is 2.86. The van der Waals surface area contributed by atoms with Gasteiger partial charge in [0.1, 0.15) is 5.76 Å². The van der Waals surface area contributed by atoms with Crippen LogP contribution in [0.4, 0.5) is 0 Å². The highest BCUT2D eigenvalue weighted by atomic mass is 16.4. The van der Waals surface area contributed by atoms with Crippen molar-refractivity contribution >= 4 is 5.96 Å². The summed E-state index contributed by atoms with van der Waals surface area (Å²) >= 11 is 0. The molecule has 6 nitrogen and oxygen atoms in total. The van der Waals surface area contributed by atoms with Gasteiger partial charge >= 0.3 is 0 Å². The summed E-state index contributed by atoms with van der Waals surface area (Å²) in [5, 5.41) is 15.1. The van der Waals surface area contributed by atoms with E-state index in [4.69, 9.17) is 9.68 Å². The number of nitrogens with zero attached hydrogens (tertiary/aromatic N) is 3. The van der Waals surface area contributed by atoms with Crippen LogP contribution in [0.15, 0.2) is 33.7 Å². The SMILES string of the molecule is CN=C(NCc1ccc(C#N)cc1)NCc1nc(C)c(C)o1. The second-order valence-electron chi connectivity index (χ2n) is 4.84. The van der Waals surface area contributed by atoms with Crippen molar-refractivity contribution in [3.8, 4) is 6.07 Å². The quantitative estimate of drug-likeness (QED) is 0.666. The molecule has 0 aliphatic rings. The number of benzene rings is 1. The van der Waals surface area contributed by atoms with Crippen molar-refractivity contribution in [1.29, 1.82) is 5.26 Å². The molecule has 2 aromatic rings. The molecular formula is C16H19N5O. The van der Waals surface area contributed by atoms with Crippen molar-refractivity contribution < 1.29 is 4.42 Å². The lowest BCUT2D eigenvalue weighted by atomic mass is 10.1. The molecule has 0 saturated carbocycles. The Labute approximate surface area is 129 Å². The van der Waals surface area contributed by atoms with Gasteiger partial charge in [0, 0.05) is 13.6 Å². The number of guanidine groups is 1. The number of aryl methyl sites for hydroxylation is 2. The molecule has 2 N–H and O–H groups in total. The van der Waals surface area contributed by atoms with Crippen LogP contribution < -0.4 is 10.6 Å². The fraction of sp³-hybridized carbons (Fsp3) is 0.312. The zero-order chi connectivity index (χ0) is 15.9. The number of aromatic nitrogens is 1. The fourth-order valence-corrected chi connectivity index (χ4v) is 1.88. The molecule has 0 atom stereocenters. The smallest absolute Gasteiger partial charge is 0.214 e. The van der Waals surface area contributed by atoms with E-state index in [0.717, 1.165) is 17.0 Å². The van der Waals surface area contributed by atoms with Gasteiger partial charge in [-0.3, -0.25) is 4.99 Å². The predicted molar refractivity (Wildman–Crippen MR) is 84.2 cm³/mol. The molecule has 1 aromatic carbocycles. The summed E-state index contributed by atoms with van der Waals surface area (Å²) < 4.78 is 5.51. The first-order chi connectivity index (χ1) is 10.6. The van der Waals surface area contributed by atoms with E-state index in [-0.39, 0.29) is 0 Å². The normalized spacial score (nSPS) is 11.1. The Bertz CT molecular complexity index is 675. The summed E-state index contributed by atoms with van der Waals surface area (Å²) in [6.45, 7) is 4.90. The third-order valence-electron chi connectivity index (χ3n) is 3.25. The third kappa shape index (κ3) is 4.09. The summed E-state index contributed by atoms with van der Waals surface area (Å²) in [5.74, 6) is 2.13. The van der Waals surface area contributed by atoms with E-state index in [0.29, 0.717) is 30.5 Å². The van der Waals surface area contributed by atoms with Crippen molar-refractivity contribution in [2.75, 3.05) is 7.05 Å². The number of nitriles is 1. The molecule has 6 heteroatoms. The highest BCUT2D eigenvalue weighted by molar-refractivity contribution is 5.79. The predicted octanol–water partition coefficient (Wildman–Crippen LogP) is 2.03. The lowest BCUT2D eigenvalue weighted by Gasteiger charge is -2.10. The molecule has 0 bridgehead atoms. The van der Waals surface area contributed by atoms with Crippen molar-refractivity contribution in [3.05, 3.63) is 52.7 Å². The Morgan fingerprint density at radius 1 is 1.23 bits per heavy atom. The Balaban J connectivity index is 1.85. The molecule has 22 heavy (non-hydrogen) atoms. The van der Waals surface area contributed by atoms with Crippen LogP contribution in [-0.2, 0) is 13.1 Å². The van der Waals surface area contributed by atoms with Gasteiger partial charge in [-0.05, 0) is 31.5 Å². The first-order valence-electron chi connectivity index (χ1n) is 6.99. The van der Waals surface area contributed by atoms with E-state index in [1.807, 2.05) is 26.0 Å². The Morgan fingerprint density at radius 2 is 1.91 bits per heavy atom. The number of oxazole rings is 1. The molecule has 0 aliphatic carbocycles. The van der Waals surface area contributed by atoms with Gasteiger partial charge in [-0.25, -0.2) is 4.98 Å². The number of nitrogens with one attached hydrogen (secondary N) is 2. The van der Waals surface area contributed by atoms with Crippen LogP contribution in [0.5, 0.6) is 0 Å². The molecule has 0 saturated heterocycles. The zero-order valence-electron chi connectivity index (χ0n) is 13.0. The Morgan fingerprint density at radius 3 is 2.45 bits per heavy atom. The molecule has 0 unspecified atom stereocenters. The first kappa shape index (κ1) is 15.6. The molecule has 0 fully saturated rings. The van der Waals surface area contributed by atoms with Gasteiger partial charge in [-0.2, -0.15) is 5.26 Å². The Kier molecular flexibility index (Phi) is 5.15. The summed E-state index contributed by atoms with van der Waals surface area (Å²) in [6, 6.07) is 9.53. The van der Waals surface area contributed by atoms with Gasteiger partial charge in [0.05, 0.1) is 23.9 Å². The zero-order valence-corrected chi connectivity index (χ0v) is 13.0. The number of aliphatic imine (C=N–C) groups is 1. The minimum absolute atomic E-state index is 0.474. The monoisotopic (exact) mass is 297 g/mol. The highest BCUT2D eigenvalue weighted by Gasteiger charge is 2.06. The van der Waals surface area contributed by atoms with Crippen molar-refractivity contribution in [3.63, 3.8) is 0 Å². The van der Waals surface area contributed by atoms with E-state index >= 15 is 0 Å². The number of rotatable bonds is 4. The minimum Gasteiger partial charge on any atom is -0.444 e. The van der Waals surface area contributed by atoms with Gasteiger partial charge < -0.3 is 15.1 Å². The van der Waals surface area contributed by atoms with E-state index in [9.17, 15) is 0 Å². The van der Waals surface area contributed by atoms with E-state index in [1.165, 1.54) is 0 Å². The minimum atomic E-state index is 0.474. The standard InChI is InChI=1S/C16H19N5O/c1-11-12(2)22-15(21-11)10-20-16(18-3)19-9-14-6-4-13(8-17)5-7-14/h4-7H,9-10H2,1-3H3,(H2,18,19,20). The van der Waals surface area contributed by atoms with Gasteiger partial charge in [-0.15, -0.1) is 0 Å². The third-order valence-corrected chi connectivity index (χ3v) is 3.25. The maximum atomic E-state index is 8.77. The highest BCUT2D eigenvalue weighted by Crippen LogP contribution is 2.07. The molecule has 114 valence electrons. The summed E-state index contributed by atoms with van der Waals surface area (Å²) in [6.07, 6.45) is 0. The second kappa shape index (κ2) is 7.27. The summed E-state index contributed by atoms with van der Waals surface area (Å²) in [5.41, 5.74) is 2.63. The molecule has 0 radical (unpaired) electrons. The lowest BCUT2D eigenvalue weighted by Crippen LogP contribution is -2.36. The maximum Gasteiger partial charge on any atom is 0.214 e. The summed E-state index contributed by atoms with van der Waals surface area (Å²) in [4.78, 5) is 8.47. The van der Waals surface area contributed by atoms with Gasteiger partial charge in [0.2, 0.25) is 5.89 Å². The van der Waals surface area contributed by atoms with E-state index < -0.39 is 0 Å². The molecule has 0 aliphatic heterocycles. The topological polar surface area (TPSA) is 86.2 Å². The molecular weight excluding hydrogens is 278 g/mol.